The Morgan fingerprint density at radius 1 is 0.844 bits per heavy atom. The van der Waals surface area contributed by atoms with Crippen molar-refractivity contribution in [2.45, 2.75) is 0 Å². The number of benzene rings is 3. The lowest BCUT2D eigenvalue weighted by Gasteiger charge is -2.16. The van der Waals surface area contributed by atoms with Crippen LogP contribution in [0.15, 0.2) is 66.7 Å². The third kappa shape index (κ3) is 5.60. The van der Waals surface area contributed by atoms with E-state index in [1.165, 1.54) is 20.3 Å². The van der Waals surface area contributed by atoms with E-state index in [-0.39, 0.29) is 5.91 Å². The van der Waals surface area contributed by atoms with Crippen molar-refractivity contribution in [1.82, 2.24) is 0 Å². The van der Waals surface area contributed by atoms with Gasteiger partial charge in [-0.2, -0.15) is 0 Å². The molecule has 0 saturated carbocycles. The molecular formula is C24H20Cl2N2O4. The summed E-state index contributed by atoms with van der Waals surface area (Å²) >= 11 is 12.1. The first-order valence-electron chi connectivity index (χ1n) is 9.48. The molecule has 3 aromatic rings. The van der Waals surface area contributed by atoms with Crippen molar-refractivity contribution in [3.8, 4) is 11.5 Å². The molecule has 0 radical (unpaired) electrons. The van der Waals surface area contributed by atoms with Crippen molar-refractivity contribution in [3.05, 3.63) is 87.9 Å². The second-order valence-electron chi connectivity index (χ2n) is 6.54. The molecule has 2 N–H and O–H groups in total. The zero-order chi connectivity index (χ0) is 23.1. The van der Waals surface area contributed by atoms with Gasteiger partial charge in [0.1, 0.15) is 11.5 Å². The van der Waals surface area contributed by atoms with Crippen LogP contribution in [0.25, 0.3) is 6.08 Å². The van der Waals surface area contributed by atoms with Gasteiger partial charge in [-0.05, 0) is 29.8 Å². The molecule has 0 unspecified atom stereocenters. The zero-order valence-electron chi connectivity index (χ0n) is 17.3. The summed E-state index contributed by atoms with van der Waals surface area (Å²) in [5.74, 6) is -0.0181. The summed E-state index contributed by atoms with van der Waals surface area (Å²) in [6.07, 6.45) is 2.89. The summed E-state index contributed by atoms with van der Waals surface area (Å²) in [4.78, 5) is 25.0. The summed E-state index contributed by atoms with van der Waals surface area (Å²) in [7, 11) is 2.93. The molecular weight excluding hydrogens is 451 g/mol. The average Bonchev–Trinajstić information content (AvgIpc) is 2.81. The van der Waals surface area contributed by atoms with E-state index in [1.807, 2.05) is 6.07 Å². The standard InChI is InChI=1S/C24H20Cl2N2O4/c1-31-20-14-19(28-24(30)16-7-4-3-5-8-16)21(32-2)13-18(20)27-22(29)12-11-15-9-6-10-17(25)23(15)26/h3-14H,1-2H3,(H,27,29)(H,28,30)/b12-11+. The third-order valence-corrected chi connectivity index (χ3v) is 5.29. The Kier molecular flexibility index (Phi) is 7.76. The molecule has 0 aromatic heterocycles. The third-order valence-electron chi connectivity index (χ3n) is 4.46. The van der Waals surface area contributed by atoms with Gasteiger partial charge >= 0.3 is 0 Å². The average molecular weight is 471 g/mol. The highest BCUT2D eigenvalue weighted by Gasteiger charge is 2.15. The van der Waals surface area contributed by atoms with E-state index < -0.39 is 5.91 Å². The van der Waals surface area contributed by atoms with Crippen molar-refractivity contribution in [1.29, 1.82) is 0 Å². The smallest absolute Gasteiger partial charge is 0.255 e. The van der Waals surface area contributed by atoms with E-state index in [4.69, 9.17) is 32.7 Å². The van der Waals surface area contributed by atoms with Crippen molar-refractivity contribution in [2.75, 3.05) is 24.9 Å². The fourth-order valence-electron chi connectivity index (χ4n) is 2.87. The highest BCUT2D eigenvalue weighted by atomic mass is 35.5. The highest BCUT2D eigenvalue weighted by Crippen LogP contribution is 2.36. The van der Waals surface area contributed by atoms with Crippen LogP contribution in [0.5, 0.6) is 11.5 Å². The van der Waals surface area contributed by atoms with Gasteiger partial charge in [-0.3, -0.25) is 9.59 Å². The normalized spacial score (nSPS) is 10.6. The van der Waals surface area contributed by atoms with Gasteiger partial charge in [0.15, 0.2) is 0 Å². The molecule has 0 heterocycles. The first-order valence-corrected chi connectivity index (χ1v) is 10.2. The Morgan fingerprint density at radius 2 is 1.47 bits per heavy atom. The van der Waals surface area contributed by atoms with E-state index in [1.54, 1.807) is 60.7 Å². The van der Waals surface area contributed by atoms with Gasteiger partial charge in [0.2, 0.25) is 5.91 Å². The predicted octanol–water partition coefficient (Wildman–Crippen LogP) is 5.91. The highest BCUT2D eigenvalue weighted by molar-refractivity contribution is 6.42. The van der Waals surface area contributed by atoms with Gasteiger partial charge < -0.3 is 20.1 Å². The minimum atomic E-state index is -0.414. The van der Waals surface area contributed by atoms with Crippen molar-refractivity contribution < 1.29 is 19.1 Å². The first-order chi connectivity index (χ1) is 15.4. The molecule has 0 aliphatic carbocycles. The molecule has 6 nitrogen and oxygen atoms in total. The molecule has 0 aliphatic rings. The number of halogens is 2. The van der Waals surface area contributed by atoms with Crippen molar-refractivity contribution in [3.63, 3.8) is 0 Å². The predicted molar refractivity (Wildman–Crippen MR) is 128 cm³/mol. The summed E-state index contributed by atoms with van der Waals surface area (Å²) < 4.78 is 10.8. The minimum Gasteiger partial charge on any atom is -0.494 e. The van der Waals surface area contributed by atoms with E-state index in [0.717, 1.165) is 0 Å². The van der Waals surface area contributed by atoms with E-state index in [2.05, 4.69) is 10.6 Å². The Morgan fingerprint density at radius 3 is 2.09 bits per heavy atom. The van der Waals surface area contributed by atoms with Crippen LogP contribution in [-0.4, -0.2) is 26.0 Å². The van der Waals surface area contributed by atoms with Gasteiger partial charge in [0.25, 0.3) is 5.91 Å². The zero-order valence-corrected chi connectivity index (χ0v) is 18.8. The molecule has 32 heavy (non-hydrogen) atoms. The summed E-state index contributed by atoms with van der Waals surface area (Å²) in [6, 6.07) is 17.1. The number of anilines is 2. The second kappa shape index (κ2) is 10.7. The van der Waals surface area contributed by atoms with Gasteiger partial charge in [-0.1, -0.05) is 53.5 Å². The van der Waals surface area contributed by atoms with Crippen LogP contribution in [0.3, 0.4) is 0 Å². The SMILES string of the molecule is COc1cc(NC(=O)c2ccccc2)c(OC)cc1NC(=O)/C=C/c1cccc(Cl)c1Cl. The number of ether oxygens (including phenoxy) is 2. The van der Waals surface area contributed by atoms with Gasteiger partial charge in [-0.15, -0.1) is 0 Å². The lowest BCUT2D eigenvalue weighted by atomic mass is 10.2. The summed E-state index contributed by atoms with van der Waals surface area (Å²) in [5.41, 5.74) is 1.87. The fourth-order valence-corrected chi connectivity index (χ4v) is 3.24. The molecule has 0 aliphatic heterocycles. The van der Waals surface area contributed by atoms with Crippen LogP contribution >= 0.6 is 23.2 Å². The molecule has 3 aromatic carbocycles. The van der Waals surface area contributed by atoms with E-state index >= 15 is 0 Å². The number of hydrogen-bond acceptors (Lipinski definition) is 4. The molecule has 0 bridgehead atoms. The molecule has 8 heteroatoms. The molecule has 0 spiro atoms. The van der Waals surface area contributed by atoms with Gasteiger partial charge in [0, 0.05) is 23.8 Å². The fraction of sp³-hybridized carbons (Fsp3) is 0.0833. The lowest BCUT2D eigenvalue weighted by molar-refractivity contribution is -0.111. The Bertz CT molecular complexity index is 1160. The number of methoxy groups -OCH3 is 2. The molecule has 2 amide bonds. The van der Waals surface area contributed by atoms with E-state index in [0.29, 0.717) is 44.0 Å². The quantitative estimate of drug-likeness (QED) is 0.420. The summed E-state index contributed by atoms with van der Waals surface area (Å²) in [5, 5.41) is 6.28. The maximum absolute atomic E-state index is 12.5. The number of rotatable bonds is 7. The monoisotopic (exact) mass is 470 g/mol. The van der Waals surface area contributed by atoms with Crippen LogP contribution in [0.2, 0.25) is 10.0 Å². The maximum atomic E-state index is 12.5. The number of nitrogens with one attached hydrogen (secondary N) is 2. The molecule has 0 fully saturated rings. The van der Waals surface area contributed by atoms with Gasteiger partial charge in [-0.25, -0.2) is 0 Å². The molecule has 3 rings (SSSR count). The Balaban J connectivity index is 1.81. The number of amides is 2. The van der Waals surface area contributed by atoms with Crippen LogP contribution < -0.4 is 20.1 Å². The van der Waals surface area contributed by atoms with Crippen LogP contribution in [0.1, 0.15) is 15.9 Å². The number of carbonyl (C=O) groups is 2. The molecule has 0 atom stereocenters. The van der Waals surface area contributed by atoms with Gasteiger partial charge in [0.05, 0.1) is 35.6 Å². The van der Waals surface area contributed by atoms with Crippen molar-refractivity contribution in [2.24, 2.45) is 0 Å². The number of carbonyl (C=O) groups excluding carboxylic acids is 2. The number of hydrogen-bond donors (Lipinski definition) is 2. The van der Waals surface area contributed by atoms with Crippen LogP contribution in [0.4, 0.5) is 11.4 Å². The Labute approximate surface area is 195 Å². The largest absolute Gasteiger partial charge is 0.494 e. The van der Waals surface area contributed by atoms with E-state index in [9.17, 15) is 9.59 Å². The lowest BCUT2D eigenvalue weighted by Crippen LogP contribution is -2.14. The van der Waals surface area contributed by atoms with Crippen LogP contribution in [-0.2, 0) is 4.79 Å². The van der Waals surface area contributed by atoms with Crippen molar-refractivity contribution >= 4 is 52.5 Å². The molecule has 164 valence electrons. The minimum absolute atomic E-state index is 0.302. The second-order valence-corrected chi connectivity index (χ2v) is 7.32. The maximum Gasteiger partial charge on any atom is 0.255 e. The molecule has 0 saturated heterocycles. The Hall–Kier alpha value is -3.48. The van der Waals surface area contributed by atoms with Crippen LogP contribution in [0, 0.1) is 0 Å². The summed E-state index contributed by atoms with van der Waals surface area (Å²) in [6.45, 7) is 0. The topological polar surface area (TPSA) is 76.7 Å². The first kappa shape index (κ1) is 23.2.